The van der Waals surface area contributed by atoms with Crippen LogP contribution in [0.15, 0.2) is 24.4 Å². The number of halogens is 4. The Kier molecular flexibility index (Phi) is 7.74. The molecule has 4 atom stereocenters. The Morgan fingerprint density at radius 3 is 2.72 bits per heavy atom. The second kappa shape index (κ2) is 10.8. The standard InChI is InChI=1S/C27H32Cl2F2N6O2/c1-15-14-35(10-8-22(15)36-9-4-5-19(36)12-27(30,31)26(38)39)23-13-32-24-16(2)34-37(25(24)33-23)17(3)20-7-6-18(28)11-21(20)29/h6-7,11,13,15,17,19,22H,4-5,8-10,12,14H2,1-3H3,(H,38,39)/t15?,17-,19?,22?/m1/s1. The zero-order chi connectivity index (χ0) is 28.1. The van der Waals surface area contributed by atoms with Crippen LogP contribution in [0.3, 0.4) is 0 Å². The number of aromatic nitrogens is 4. The second-order valence-electron chi connectivity index (χ2n) is 10.8. The second-order valence-corrected chi connectivity index (χ2v) is 11.6. The van der Waals surface area contributed by atoms with Gasteiger partial charge < -0.3 is 10.0 Å². The summed E-state index contributed by atoms with van der Waals surface area (Å²) >= 11 is 12.6. The summed E-state index contributed by atoms with van der Waals surface area (Å²) in [6.07, 6.45) is 3.29. The number of aryl methyl sites for hydroxylation is 1. The molecule has 8 nitrogen and oxygen atoms in total. The lowest BCUT2D eigenvalue weighted by Gasteiger charge is -2.44. The number of anilines is 1. The first-order valence-electron chi connectivity index (χ1n) is 13.2. The molecular formula is C27H32Cl2F2N6O2. The van der Waals surface area contributed by atoms with E-state index in [1.54, 1.807) is 18.3 Å². The number of piperidine rings is 1. The maximum absolute atomic E-state index is 14.0. The lowest BCUT2D eigenvalue weighted by Crippen LogP contribution is -2.53. The van der Waals surface area contributed by atoms with Gasteiger partial charge >= 0.3 is 11.9 Å². The summed E-state index contributed by atoms with van der Waals surface area (Å²) in [5.41, 5.74) is 3.03. The van der Waals surface area contributed by atoms with Gasteiger partial charge in [0, 0.05) is 41.6 Å². The fourth-order valence-electron chi connectivity index (χ4n) is 6.17. The zero-order valence-corrected chi connectivity index (χ0v) is 23.6. The van der Waals surface area contributed by atoms with E-state index in [1.165, 1.54) is 0 Å². The van der Waals surface area contributed by atoms with Crippen molar-refractivity contribution in [2.45, 2.75) is 70.5 Å². The van der Waals surface area contributed by atoms with E-state index in [2.05, 4.69) is 21.7 Å². The van der Waals surface area contributed by atoms with Gasteiger partial charge in [0.15, 0.2) is 5.65 Å². The SMILES string of the molecule is Cc1nn([C@H](C)c2ccc(Cl)cc2Cl)c2nc(N3CCC(N4CCCC4CC(F)(F)C(=O)O)C(C)C3)cnc12. The quantitative estimate of drug-likeness (QED) is 0.375. The average Bonchev–Trinajstić information content (AvgIpc) is 3.46. The van der Waals surface area contributed by atoms with Crippen molar-refractivity contribution < 1.29 is 18.7 Å². The molecule has 1 aromatic carbocycles. The fraction of sp³-hybridized carbons (Fsp3) is 0.556. The molecule has 1 N–H and O–H groups in total. The van der Waals surface area contributed by atoms with E-state index < -0.39 is 24.4 Å². The third-order valence-electron chi connectivity index (χ3n) is 8.18. The van der Waals surface area contributed by atoms with E-state index in [0.29, 0.717) is 41.7 Å². The minimum absolute atomic E-state index is 0.106. The maximum atomic E-state index is 14.0. The molecule has 0 bridgehead atoms. The number of carboxylic acids is 1. The van der Waals surface area contributed by atoms with Crippen LogP contribution in [-0.2, 0) is 4.79 Å². The van der Waals surface area contributed by atoms with Crippen molar-refractivity contribution in [1.29, 1.82) is 0 Å². The zero-order valence-electron chi connectivity index (χ0n) is 22.1. The average molecular weight is 581 g/mol. The summed E-state index contributed by atoms with van der Waals surface area (Å²) in [4.78, 5) is 25.0. The molecular weight excluding hydrogens is 549 g/mol. The first-order chi connectivity index (χ1) is 18.5. The molecule has 12 heteroatoms. The van der Waals surface area contributed by atoms with Crippen molar-refractivity contribution in [2.75, 3.05) is 24.5 Å². The van der Waals surface area contributed by atoms with E-state index in [-0.39, 0.29) is 18.0 Å². The summed E-state index contributed by atoms with van der Waals surface area (Å²) in [5, 5.41) is 14.8. The van der Waals surface area contributed by atoms with Gasteiger partial charge in [0.05, 0.1) is 17.9 Å². The topological polar surface area (TPSA) is 87.4 Å². The molecule has 0 amide bonds. The van der Waals surface area contributed by atoms with Crippen LogP contribution in [0.2, 0.25) is 10.0 Å². The van der Waals surface area contributed by atoms with Crippen molar-refractivity contribution in [1.82, 2.24) is 24.6 Å². The summed E-state index contributed by atoms with van der Waals surface area (Å²) in [5.74, 6) is -4.85. The molecule has 2 aliphatic rings. The number of benzene rings is 1. The van der Waals surface area contributed by atoms with Gasteiger partial charge in [-0.05, 0) is 63.3 Å². The van der Waals surface area contributed by atoms with E-state index >= 15 is 0 Å². The first kappa shape index (κ1) is 28.0. The van der Waals surface area contributed by atoms with Crippen LogP contribution in [0.4, 0.5) is 14.6 Å². The molecule has 4 heterocycles. The molecule has 2 aromatic heterocycles. The molecule has 2 saturated heterocycles. The van der Waals surface area contributed by atoms with Gasteiger partial charge in [-0.15, -0.1) is 0 Å². The van der Waals surface area contributed by atoms with E-state index in [1.807, 2.05) is 24.6 Å². The monoisotopic (exact) mass is 580 g/mol. The van der Waals surface area contributed by atoms with Gasteiger partial charge in [0.25, 0.3) is 0 Å². The number of alkyl halides is 2. The van der Waals surface area contributed by atoms with Crippen molar-refractivity contribution >= 4 is 46.2 Å². The maximum Gasteiger partial charge on any atom is 0.374 e. The highest BCUT2D eigenvalue weighted by Gasteiger charge is 2.46. The van der Waals surface area contributed by atoms with Crippen molar-refractivity contribution in [3.63, 3.8) is 0 Å². The van der Waals surface area contributed by atoms with Gasteiger partial charge in [-0.3, -0.25) is 4.90 Å². The van der Waals surface area contributed by atoms with Gasteiger partial charge in [-0.2, -0.15) is 13.9 Å². The normalized spacial score (nSPS) is 23.5. The summed E-state index contributed by atoms with van der Waals surface area (Å²) in [6.45, 7) is 8.12. The minimum Gasteiger partial charge on any atom is -0.477 e. The van der Waals surface area contributed by atoms with Gasteiger partial charge in [0.2, 0.25) is 0 Å². The number of hydrogen-bond donors (Lipinski definition) is 1. The summed E-state index contributed by atoms with van der Waals surface area (Å²) in [6, 6.07) is 4.88. The largest absolute Gasteiger partial charge is 0.477 e. The Morgan fingerprint density at radius 2 is 2.03 bits per heavy atom. The Balaban J connectivity index is 1.35. The van der Waals surface area contributed by atoms with E-state index in [4.69, 9.17) is 38.4 Å². The highest BCUT2D eigenvalue weighted by Crippen LogP contribution is 2.36. The van der Waals surface area contributed by atoms with Crippen LogP contribution in [0, 0.1) is 12.8 Å². The number of carboxylic acid groups (broad SMARTS) is 1. The number of hydrogen-bond acceptors (Lipinski definition) is 6. The first-order valence-corrected chi connectivity index (χ1v) is 14.0. The Bertz CT molecular complexity index is 1390. The van der Waals surface area contributed by atoms with Crippen LogP contribution in [0.5, 0.6) is 0 Å². The van der Waals surface area contributed by atoms with Gasteiger partial charge in [-0.25, -0.2) is 19.4 Å². The van der Waals surface area contributed by atoms with E-state index in [9.17, 15) is 13.6 Å². The van der Waals surface area contributed by atoms with Gasteiger partial charge in [-0.1, -0.05) is 36.2 Å². The predicted molar refractivity (Wildman–Crippen MR) is 147 cm³/mol. The van der Waals surface area contributed by atoms with Crippen molar-refractivity contribution in [3.05, 3.63) is 45.7 Å². The van der Waals surface area contributed by atoms with E-state index in [0.717, 1.165) is 35.4 Å². The lowest BCUT2D eigenvalue weighted by atomic mass is 9.91. The number of aliphatic carboxylic acids is 1. The molecule has 5 rings (SSSR count). The fourth-order valence-corrected chi connectivity index (χ4v) is 6.73. The van der Waals surface area contributed by atoms with Crippen LogP contribution < -0.4 is 4.90 Å². The Morgan fingerprint density at radius 1 is 1.26 bits per heavy atom. The van der Waals surface area contributed by atoms with Crippen LogP contribution in [0.1, 0.15) is 56.8 Å². The number of fused-ring (bicyclic) bond motifs is 1. The molecule has 2 aliphatic heterocycles. The molecule has 3 unspecified atom stereocenters. The van der Waals surface area contributed by atoms with Crippen LogP contribution in [0.25, 0.3) is 11.2 Å². The number of nitrogens with zero attached hydrogens (tertiary/aromatic N) is 6. The Hall–Kier alpha value is -2.56. The highest BCUT2D eigenvalue weighted by molar-refractivity contribution is 6.35. The number of carbonyl (C=O) groups is 1. The molecule has 0 aliphatic carbocycles. The molecule has 3 aromatic rings. The smallest absolute Gasteiger partial charge is 0.374 e. The number of rotatable bonds is 7. The van der Waals surface area contributed by atoms with Crippen LogP contribution >= 0.6 is 23.2 Å². The van der Waals surface area contributed by atoms with Crippen molar-refractivity contribution in [2.24, 2.45) is 5.92 Å². The lowest BCUT2D eigenvalue weighted by molar-refractivity contribution is -0.167. The molecule has 0 radical (unpaired) electrons. The highest BCUT2D eigenvalue weighted by atomic mass is 35.5. The number of likely N-dealkylation sites (tertiary alicyclic amines) is 1. The third kappa shape index (κ3) is 5.43. The predicted octanol–water partition coefficient (Wildman–Crippen LogP) is 5.84. The molecule has 210 valence electrons. The van der Waals surface area contributed by atoms with Crippen LogP contribution in [-0.4, -0.2) is 73.4 Å². The summed E-state index contributed by atoms with van der Waals surface area (Å²) in [7, 11) is 0. The Labute approximate surface area is 235 Å². The molecule has 0 spiro atoms. The molecule has 39 heavy (non-hydrogen) atoms. The molecule has 2 fully saturated rings. The summed E-state index contributed by atoms with van der Waals surface area (Å²) < 4.78 is 29.9. The van der Waals surface area contributed by atoms with Crippen molar-refractivity contribution in [3.8, 4) is 0 Å². The minimum atomic E-state index is -3.71. The van der Waals surface area contributed by atoms with Gasteiger partial charge in [0.1, 0.15) is 11.3 Å². The third-order valence-corrected chi connectivity index (χ3v) is 8.74. The molecule has 0 saturated carbocycles.